The van der Waals surface area contributed by atoms with Crippen LogP contribution >= 0.6 is 23.4 Å². The number of hydrogen-bond donors (Lipinski definition) is 3. The van der Waals surface area contributed by atoms with Gasteiger partial charge in [0, 0.05) is 21.3 Å². The molecule has 0 aliphatic heterocycles. The molecular formula is C16H16ClN3O2S. The molecule has 0 bridgehead atoms. The number of nitrogens with one attached hydrogen (secondary N) is 2. The molecule has 3 amide bonds. The second-order valence-electron chi connectivity index (χ2n) is 4.77. The molecule has 5 nitrogen and oxygen atoms in total. The number of anilines is 2. The molecular weight excluding hydrogens is 334 g/mol. The van der Waals surface area contributed by atoms with Crippen LogP contribution in [0.3, 0.4) is 0 Å². The summed E-state index contributed by atoms with van der Waals surface area (Å²) < 4.78 is 0. The summed E-state index contributed by atoms with van der Waals surface area (Å²) in [7, 11) is 0. The number of rotatable bonds is 5. The van der Waals surface area contributed by atoms with Gasteiger partial charge in [0.05, 0.1) is 5.25 Å². The highest BCUT2D eigenvalue weighted by atomic mass is 35.5. The Morgan fingerprint density at radius 1 is 1.00 bits per heavy atom. The van der Waals surface area contributed by atoms with Crippen molar-refractivity contribution in [1.82, 2.24) is 0 Å². The van der Waals surface area contributed by atoms with Crippen LogP contribution in [0.25, 0.3) is 0 Å². The predicted molar refractivity (Wildman–Crippen MR) is 95.0 cm³/mol. The minimum Gasteiger partial charge on any atom is -0.351 e. The molecule has 0 aliphatic carbocycles. The van der Waals surface area contributed by atoms with Crippen LogP contribution < -0.4 is 16.4 Å². The third kappa shape index (κ3) is 5.50. The first-order valence-electron chi connectivity index (χ1n) is 6.83. The molecule has 0 heterocycles. The van der Waals surface area contributed by atoms with Crippen molar-refractivity contribution in [3.8, 4) is 0 Å². The molecule has 2 aromatic carbocycles. The van der Waals surface area contributed by atoms with E-state index in [1.54, 1.807) is 36.4 Å². The lowest BCUT2D eigenvalue weighted by molar-refractivity contribution is -0.115. The van der Waals surface area contributed by atoms with Crippen LogP contribution in [0, 0.1) is 0 Å². The topological polar surface area (TPSA) is 84.2 Å². The molecule has 2 aromatic rings. The van der Waals surface area contributed by atoms with E-state index in [2.05, 4.69) is 10.6 Å². The van der Waals surface area contributed by atoms with Gasteiger partial charge in [-0.05, 0) is 55.5 Å². The number of benzene rings is 2. The predicted octanol–water partition coefficient (Wildman–Crippen LogP) is 3.95. The Morgan fingerprint density at radius 3 is 2.04 bits per heavy atom. The number of hydrogen-bond acceptors (Lipinski definition) is 3. The molecule has 0 saturated heterocycles. The number of halogens is 1. The first-order chi connectivity index (χ1) is 10.9. The van der Waals surface area contributed by atoms with Gasteiger partial charge in [-0.2, -0.15) is 0 Å². The van der Waals surface area contributed by atoms with Crippen LogP contribution in [0.15, 0.2) is 53.4 Å². The van der Waals surface area contributed by atoms with Gasteiger partial charge in [0.1, 0.15) is 0 Å². The van der Waals surface area contributed by atoms with Crippen molar-refractivity contribution in [3.05, 3.63) is 53.6 Å². The smallest absolute Gasteiger partial charge is 0.316 e. The first kappa shape index (κ1) is 17.2. The van der Waals surface area contributed by atoms with Crippen molar-refractivity contribution in [1.29, 1.82) is 0 Å². The van der Waals surface area contributed by atoms with E-state index in [1.165, 1.54) is 11.8 Å². The van der Waals surface area contributed by atoms with Gasteiger partial charge in [0.2, 0.25) is 5.91 Å². The van der Waals surface area contributed by atoms with Crippen molar-refractivity contribution >= 4 is 46.7 Å². The van der Waals surface area contributed by atoms with Gasteiger partial charge in [0.15, 0.2) is 0 Å². The summed E-state index contributed by atoms with van der Waals surface area (Å²) in [5, 5.41) is 5.68. The van der Waals surface area contributed by atoms with Crippen LogP contribution in [-0.2, 0) is 4.79 Å². The fourth-order valence-corrected chi connectivity index (χ4v) is 2.79. The number of thioether (sulfide) groups is 1. The second-order valence-corrected chi connectivity index (χ2v) is 6.62. The normalized spacial score (nSPS) is 11.6. The number of primary amides is 1. The molecule has 2 rings (SSSR count). The zero-order chi connectivity index (χ0) is 16.8. The molecule has 0 radical (unpaired) electrons. The van der Waals surface area contributed by atoms with Crippen molar-refractivity contribution in [3.63, 3.8) is 0 Å². The maximum Gasteiger partial charge on any atom is 0.316 e. The van der Waals surface area contributed by atoms with E-state index in [1.807, 2.05) is 19.1 Å². The van der Waals surface area contributed by atoms with Crippen LogP contribution in [0.1, 0.15) is 6.92 Å². The second kappa shape index (κ2) is 7.89. The first-order valence-corrected chi connectivity index (χ1v) is 8.09. The summed E-state index contributed by atoms with van der Waals surface area (Å²) >= 11 is 7.29. The van der Waals surface area contributed by atoms with Crippen LogP contribution in [0.5, 0.6) is 0 Å². The van der Waals surface area contributed by atoms with Crippen LogP contribution in [0.2, 0.25) is 5.02 Å². The third-order valence-corrected chi connectivity index (χ3v) is 4.28. The molecule has 4 N–H and O–H groups in total. The van der Waals surface area contributed by atoms with Crippen molar-refractivity contribution < 1.29 is 9.59 Å². The third-order valence-electron chi connectivity index (χ3n) is 2.92. The summed E-state index contributed by atoms with van der Waals surface area (Å²) in [4.78, 5) is 23.9. The standard InChI is InChI=1S/C16H16ClN3O2S/c1-10(23-14-8-2-11(17)3-9-14)15(21)19-12-4-6-13(7-5-12)20-16(18)22/h2-10H,1H3,(H,19,21)(H3,18,20,22). The fraction of sp³-hybridized carbons (Fsp3) is 0.125. The Balaban J connectivity index is 1.92. The summed E-state index contributed by atoms with van der Waals surface area (Å²) in [5.74, 6) is -0.111. The minimum absolute atomic E-state index is 0.111. The highest BCUT2D eigenvalue weighted by Crippen LogP contribution is 2.25. The summed E-state index contributed by atoms with van der Waals surface area (Å²) in [5.41, 5.74) is 6.25. The van der Waals surface area contributed by atoms with Crippen LogP contribution in [-0.4, -0.2) is 17.2 Å². The van der Waals surface area contributed by atoms with Gasteiger partial charge in [-0.15, -0.1) is 11.8 Å². The Labute approximate surface area is 143 Å². The molecule has 0 aromatic heterocycles. The highest BCUT2D eigenvalue weighted by Gasteiger charge is 2.14. The molecule has 23 heavy (non-hydrogen) atoms. The monoisotopic (exact) mass is 349 g/mol. The summed E-state index contributed by atoms with van der Waals surface area (Å²) in [6.45, 7) is 1.83. The minimum atomic E-state index is -0.630. The fourth-order valence-electron chi connectivity index (χ4n) is 1.79. The van der Waals surface area contributed by atoms with Gasteiger partial charge >= 0.3 is 6.03 Å². The molecule has 1 unspecified atom stereocenters. The number of carbonyl (C=O) groups is 2. The van der Waals surface area contributed by atoms with E-state index in [9.17, 15) is 9.59 Å². The molecule has 0 spiro atoms. The van der Waals surface area contributed by atoms with E-state index in [4.69, 9.17) is 17.3 Å². The van der Waals surface area contributed by atoms with Gasteiger partial charge in [-0.25, -0.2) is 4.79 Å². The Hall–Kier alpha value is -2.18. The van der Waals surface area contributed by atoms with Gasteiger partial charge in [-0.1, -0.05) is 11.6 Å². The molecule has 0 fully saturated rings. The molecule has 120 valence electrons. The number of carbonyl (C=O) groups excluding carboxylic acids is 2. The van der Waals surface area contributed by atoms with Gasteiger partial charge in [0.25, 0.3) is 0 Å². The number of amides is 3. The van der Waals surface area contributed by atoms with Crippen LogP contribution in [0.4, 0.5) is 16.2 Å². The molecule has 0 saturated carbocycles. The number of nitrogens with two attached hydrogens (primary N) is 1. The average molecular weight is 350 g/mol. The Morgan fingerprint density at radius 2 is 1.52 bits per heavy atom. The average Bonchev–Trinajstić information content (AvgIpc) is 2.51. The zero-order valence-corrected chi connectivity index (χ0v) is 13.9. The quantitative estimate of drug-likeness (QED) is 0.714. The van der Waals surface area contributed by atoms with E-state index in [0.717, 1.165) is 4.90 Å². The maximum absolute atomic E-state index is 12.2. The highest BCUT2D eigenvalue weighted by molar-refractivity contribution is 8.00. The lowest BCUT2D eigenvalue weighted by Crippen LogP contribution is -2.22. The SMILES string of the molecule is CC(Sc1ccc(Cl)cc1)C(=O)Nc1ccc(NC(N)=O)cc1. The van der Waals surface area contributed by atoms with E-state index < -0.39 is 6.03 Å². The van der Waals surface area contributed by atoms with E-state index in [0.29, 0.717) is 16.4 Å². The lowest BCUT2D eigenvalue weighted by Gasteiger charge is -2.12. The maximum atomic E-state index is 12.2. The Kier molecular flexibility index (Phi) is 5.90. The molecule has 7 heteroatoms. The summed E-state index contributed by atoms with van der Waals surface area (Å²) in [6.07, 6.45) is 0. The largest absolute Gasteiger partial charge is 0.351 e. The number of urea groups is 1. The Bertz CT molecular complexity index is 689. The van der Waals surface area contributed by atoms with Gasteiger partial charge < -0.3 is 16.4 Å². The van der Waals surface area contributed by atoms with Crippen molar-refractivity contribution in [2.24, 2.45) is 5.73 Å². The van der Waals surface area contributed by atoms with E-state index in [-0.39, 0.29) is 11.2 Å². The van der Waals surface area contributed by atoms with E-state index >= 15 is 0 Å². The zero-order valence-electron chi connectivity index (χ0n) is 12.4. The van der Waals surface area contributed by atoms with Gasteiger partial charge in [-0.3, -0.25) is 4.79 Å². The van der Waals surface area contributed by atoms with Crippen molar-refractivity contribution in [2.45, 2.75) is 17.1 Å². The summed E-state index contributed by atoms with van der Waals surface area (Å²) in [6, 6.07) is 13.4. The lowest BCUT2D eigenvalue weighted by atomic mass is 10.2. The molecule has 1 atom stereocenters. The van der Waals surface area contributed by atoms with Crippen molar-refractivity contribution in [2.75, 3.05) is 10.6 Å². The molecule has 0 aliphatic rings.